The highest BCUT2D eigenvalue weighted by Gasteiger charge is 2.15. The molecule has 0 unspecified atom stereocenters. The van der Waals surface area contributed by atoms with Crippen molar-refractivity contribution in [2.75, 3.05) is 5.32 Å². The zero-order valence-corrected chi connectivity index (χ0v) is 13.5. The maximum Gasteiger partial charge on any atom is 0.233 e. The highest BCUT2D eigenvalue weighted by molar-refractivity contribution is 9.11. The molecule has 0 saturated carbocycles. The van der Waals surface area contributed by atoms with E-state index in [2.05, 4.69) is 42.2 Å². The molecule has 102 valence electrons. The molecule has 1 aliphatic heterocycles. The molecule has 0 spiro atoms. The van der Waals surface area contributed by atoms with Gasteiger partial charge in [-0.2, -0.15) is 0 Å². The summed E-state index contributed by atoms with van der Waals surface area (Å²) in [5.74, 6) is 1.27. The predicted octanol–water partition coefficient (Wildman–Crippen LogP) is 4.28. The van der Waals surface area contributed by atoms with Gasteiger partial charge in [-0.25, -0.2) is 4.98 Å². The van der Waals surface area contributed by atoms with Crippen LogP contribution >= 0.6 is 31.9 Å². The summed E-state index contributed by atoms with van der Waals surface area (Å²) < 4.78 is 7.42. The molecule has 1 N–H and O–H groups in total. The van der Waals surface area contributed by atoms with Crippen LogP contribution in [0.1, 0.15) is 12.0 Å². The number of rotatable bonds is 2. The van der Waals surface area contributed by atoms with E-state index in [-0.39, 0.29) is 5.91 Å². The van der Waals surface area contributed by atoms with E-state index in [0.29, 0.717) is 18.1 Å². The van der Waals surface area contributed by atoms with Crippen molar-refractivity contribution in [1.29, 1.82) is 0 Å². The Morgan fingerprint density at radius 2 is 2.05 bits per heavy atom. The number of anilines is 1. The van der Waals surface area contributed by atoms with Gasteiger partial charge in [0.15, 0.2) is 0 Å². The maximum absolute atomic E-state index is 11.3. The van der Waals surface area contributed by atoms with Crippen molar-refractivity contribution in [3.63, 3.8) is 0 Å². The minimum absolute atomic E-state index is 0.0588. The van der Waals surface area contributed by atoms with Crippen LogP contribution in [0.5, 0.6) is 11.6 Å². The van der Waals surface area contributed by atoms with Crippen LogP contribution in [0.3, 0.4) is 0 Å². The van der Waals surface area contributed by atoms with Crippen LogP contribution in [0.25, 0.3) is 0 Å². The van der Waals surface area contributed by atoms with Crippen molar-refractivity contribution in [3.8, 4) is 11.6 Å². The SMILES string of the molecule is O=C1CCc2cc(Oc3ncc(Br)cc3Br)ccc2N1. The fraction of sp³-hybridized carbons (Fsp3) is 0.143. The average molecular weight is 398 g/mol. The van der Waals surface area contributed by atoms with Gasteiger partial charge in [0.05, 0.1) is 4.47 Å². The number of carbonyl (C=O) groups is 1. The second kappa shape index (κ2) is 5.54. The van der Waals surface area contributed by atoms with E-state index in [4.69, 9.17) is 4.74 Å². The number of nitrogens with one attached hydrogen (secondary N) is 1. The number of nitrogens with zero attached hydrogens (tertiary/aromatic N) is 1. The molecule has 0 aliphatic carbocycles. The van der Waals surface area contributed by atoms with E-state index in [0.717, 1.165) is 26.6 Å². The van der Waals surface area contributed by atoms with E-state index in [9.17, 15) is 4.79 Å². The molecule has 6 heteroatoms. The van der Waals surface area contributed by atoms with Crippen molar-refractivity contribution < 1.29 is 9.53 Å². The lowest BCUT2D eigenvalue weighted by atomic mass is 10.0. The number of amides is 1. The number of benzene rings is 1. The second-order valence-corrected chi connectivity index (χ2v) is 6.18. The Morgan fingerprint density at radius 1 is 1.20 bits per heavy atom. The molecule has 0 bridgehead atoms. The number of ether oxygens (including phenoxy) is 1. The summed E-state index contributed by atoms with van der Waals surface area (Å²) >= 11 is 6.76. The van der Waals surface area contributed by atoms with E-state index >= 15 is 0 Å². The third kappa shape index (κ3) is 2.86. The first-order valence-electron chi connectivity index (χ1n) is 6.03. The first-order valence-corrected chi connectivity index (χ1v) is 7.62. The molecule has 0 atom stereocenters. The summed E-state index contributed by atoms with van der Waals surface area (Å²) in [7, 11) is 0. The summed E-state index contributed by atoms with van der Waals surface area (Å²) in [6.45, 7) is 0. The van der Waals surface area contributed by atoms with E-state index < -0.39 is 0 Å². The lowest BCUT2D eigenvalue weighted by molar-refractivity contribution is -0.116. The number of aromatic nitrogens is 1. The topological polar surface area (TPSA) is 51.2 Å². The summed E-state index contributed by atoms with van der Waals surface area (Å²) in [5.41, 5.74) is 1.94. The van der Waals surface area contributed by atoms with Gasteiger partial charge in [0.2, 0.25) is 11.8 Å². The standard InChI is InChI=1S/C14H10Br2N2O2/c15-9-6-11(16)14(17-7-9)20-10-2-3-12-8(5-10)1-4-13(19)18-12/h2-3,5-7H,1,4H2,(H,18,19). The van der Waals surface area contributed by atoms with Crippen molar-refractivity contribution in [2.24, 2.45) is 0 Å². The van der Waals surface area contributed by atoms with Gasteiger partial charge >= 0.3 is 0 Å². The lowest BCUT2D eigenvalue weighted by Crippen LogP contribution is -2.18. The number of hydrogen-bond acceptors (Lipinski definition) is 3. The first-order chi connectivity index (χ1) is 9.61. The van der Waals surface area contributed by atoms with Crippen LogP contribution in [-0.2, 0) is 11.2 Å². The van der Waals surface area contributed by atoms with Crippen molar-refractivity contribution in [1.82, 2.24) is 4.98 Å². The van der Waals surface area contributed by atoms with Gasteiger partial charge in [-0.1, -0.05) is 0 Å². The monoisotopic (exact) mass is 396 g/mol. The molecule has 0 radical (unpaired) electrons. The third-order valence-electron chi connectivity index (χ3n) is 2.96. The minimum Gasteiger partial charge on any atom is -0.438 e. The Bertz CT molecular complexity index is 689. The Morgan fingerprint density at radius 3 is 2.85 bits per heavy atom. The Kier molecular flexibility index (Phi) is 3.76. The molecular weight excluding hydrogens is 388 g/mol. The van der Waals surface area contributed by atoms with Gasteiger partial charge in [-0.3, -0.25) is 4.79 Å². The normalized spacial score (nSPS) is 13.6. The molecule has 4 nitrogen and oxygen atoms in total. The average Bonchev–Trinajstić information content (AvgIpc) is 2.42. The summed E-state index contributed by atoms with van der Waals surface area (Å²) in [5, 5.41) is 2.84. The number of halogens is 2. The van der Waals surface area contributed by atoms with E-state index in [1.165, 1.54) is 0 Å². The number of fused-ring (bicyclic) bond motifs is 1. The molecule has 0 fully saturated rings. The van der Waals surface area contributed by atoms with Crippen molar-refractivity contribution >= 4 is 43.5 Å². The van der Waals surface area contributed by atoms with Crippen molar-refractivity contribution in [3.05, 3.63) is 45.0 Å². The number of pyridine rings is 1. The predicted molar refractivity (Wildman–Crippen MR) is 83.1 cm³/mol. The maximum atomic E-state index is 11.3. The third-order valence-corrected chi connectivity index (χ3v) is 3.96. The summed E-state index contributed by atoms with van der Waals surface area (Å²) in [4.78, 5) is 15.5. The quantitative estimate of drug-likeness (QED) is 0.822. The smallest absolute Gasteiger partial charge is 0.233 e. The number of carbonyl (C=O) groups excluding carboxylic acids is 1. The van der Waals surface area contributed by atoms with E-state index in [1.807, 2.05) is 24.3 Å². The number of hydrogen-bond donors (Lipinski definition) is 1. The molecule has 20 heavy (non-hydrogen) atoms. The Hall–Kier alpha value is -1.40. The lowest BCUT2D eigenvalue weighted by Gasteiger charge is -2.17. The van der Waals surface area contributed by atoms with Crippen molar-refractivity contribution in [2.45, 2.75) is 12.8 Å². The van der Waals surface area contributed by atoms with Crippen LogP contribution < -0.4 is 10.1 Å². The van der Waals surface area contributed by atoms with Gasteiger partial charge in [0.25, 0.3) is 0 Å². The fourth-order valence-electron chi connectivity index (χ4n) is 2.01. The van der Waals surface area contributed by atoms with Crippen LogP contribution in [0.4, 0.5) is 5.69 Å². The molecule has 3 rings (SSSR count). The molecule has 1 aromatic heterocycles. The van der Waals surface area contributed by atoms with Gasteiger partial charge in [0, 0.05) is 22.8 Å². The molecule has 1 amide bonds. The van der Waals surface area contributed by atoms with Crippen LogP contribution in [0.15, 0.2) is 39.4 Å². The molecule has 1 aromatic carbocycles. The fourth-order valence-corrected chi connectivity index (χ4v) is 3.08. The highest BCUT2D eigenvalue weighted by Crippen LogP contribution is 2.32. The van der Waals surface area contributed by atoms with Gasteiger partial charge < -0.3 is 10.1 Å². The summed E-state index contributed by atoms with van der Waals surface area (Å²) in [6, 6.07) is 7.49. The number of aryl methyl sites for hydroxylation is 1. The zero-order valence-electron chi connectivity index (χ0n) is 10.3. The molecule has 2 aromatic rings. The minimum atomic E-state index is 0.0588. The van der Waals surface area contributed by atoms with Gasteiger partial charge in [-0.05, 0) is 68.1 Å². The van der Waals surface area contributed by atoms with Crippen LogP contribution in [0.2, 0.25) is 0 Å². The Labute approximate surface area is 132 Å². The molecular formula is C14H10Br2N2O2. The Balaban J connectivity index is 1.86. The van der Waals surface area contributed by atoms with Crippen LogP contribution in [-0.4, -0.2) is 10.9 Å². The largest absolute Gasteiger partial charge is 0.438 e. The van der Waals surface area contributed by atoms with Crippen LogP contribution in [0, 0.1) is 0 Å². The first kappa shape index (κ1) is 13.6. The summed E-state index contributed by atoms with van der Waals surface area (Å²) in [6.07, 6.45) is 2.92. The van der Waals surface area contributed by atoms with E-state index in [1.54, 1.807) is 6.20 Å². The van der Waals surface area contributed by atoms with Gasteiger partial charge in [0.1, 0.15) is 5.75 Å². The molecule has 2 heterocycles. The second-order valence-electron chi connectivity index (χ2n) is 4.41. The van der Waals surface area contributed by atoms with Gasteiger partial charge in [-0.15, -0.1) is 0 Å². The molecule has 1 aliphatic rings. The molecule has 0 saturated heterocycles. The zero-order chi connectivity index (χ0) is 14.1. The highest BCUT2D eigenvalue weighted by atomic mass is 79.9.